The highest BCUT2D eigenvalue weighted by atomic mass is 16.5. The minimum atomic E-state index is -0.371. The number of aromatic nitrogens is 3. The van der Waals surface area contributed by atoms with Crippen molar-refractivity contribution in [2.75, 3.05) is 6.54 Å². The molecule has 3 aromatic heterocycles. The minimum absolute atomic E-state index is 0.117. The zero-order chi connectivity index (χ0) is 23.1. The molecule has 2 fully saturated rings. The highest BCUT2D eigenvalue weighted by Gasteiger charge is 2.40. The SMILES string of the molecule is O=C(NCc1ccc2cc(CNC[C@@H]3C[C@H]4CC[C@@H]3O4)[nH]c2c1)c1cc(=O)n2ccccc2n1. The smallest absolute Gasteiger partial charge is 0.270 e. The first-order valence-corrected chi connectivity index (χ1v) is 11.9. The van der Waals surface area contributed by atoms with E-state index >= 15 is 0 Å². The monoisotopic (exact) mass is 457 g/mol. The van der Waals surface area contributed by atoms with E-state index in [1.807, 2.05) is 12.1 Å². The lowest BCUT2D eigenvalue weighted by molar-refractivity contribution is 0.0923. The fraction of sp³-hybridized carbons (Fsp3) is 0.346. The van der Waals surface area contributed by atoms with E-state index in [0.717, 1.165) is 35.2 Å². The molecule has 3 N–H and O–H groups in total. The summed E-state index contributed by atoms with van der Waals surface area (Å²) in [6.45, 7) is 2.12. The van der Waals surface area contributed by atoms with Crippen molar-refractivity contribution in [1.29, 1.82) is 0 Å². The zero-order valence-electron chi connectivity index (χ0n) is 18.8. The maximum atomic E-state index is 12.6. The van der Waals surface area contributed by atoms with Crippen LogP contribution < -0.4 is 16.2 Å². The van der Waals surface area contributed by atoms with Gasteiger partial charge < -0.3 is 20.4 Å². The number of nitrogens with zero attached hydrogens (tertiary/aromatic N) is 2. The normalized spacial score (nSPS) is 21.5. The van der Waals surface area contributed by atoms with E-state index < -0.39 is 0 Å². The van der Waals surface area contributed by atoms with Gasteiger partial charge in [0.25, 0.3) is 11.5 Å². The van der Waals surface area contributed by atoms with Gasteiger partial charge >= 0.3 is 0 Å². The van der Waals surface area contributed by atoms with Crippen molar-refractivity contribution in [3.8, 4) is 0 Å². The summed E-state index contributed by atoms with van der Waals surface area (Å²) in [7, 11) is 0. The van der Waals surface area contributed by atoms with Crippen molar-refractivity contribution in [1.82, 2.24) is 25.0 Å². The van der Waals surface area contributed by atoms with Gasteiger partial charge in [0.05, 0.1) is 12.2 Å². The van der Waals surface area contributed by atoms with Crippen LogP contribution in [0.2, 0.25) is 0 Å². The summed E-state index contributed by atoms with van der Waals surface area (Å²) in [5.41, 5.74) is 3.43. The number of benzene rings is 1. The van der Waals surface area contributed by atoms with E-state index in [1.165, 1.54) is 29.7 Å². The summed E-state index contributed by atoms with van der Waals surface area (Å²) in [5.74, 6) is 0.260. The highest BCUT2D eigenvalue weighted by Crippen LogP contribution is 2.38. The Morgan fingerprint density at radius 2 is 2.09 bits per heavy atom. The van der Waals surface area contributed by atoms with Crippen LogP contribution in [0, 0.1) is 5.92 Å². The van der Waals surface area contributed by atoms with Gasteiger partial charge in [-0.15, -0.1) is 0 Å². The average Bonchev–Trinajstić information content (AvgIpc) is 3.58. The Morgan fingerprint density at radius 3 is 2.94 bits per heavy atom. The molecule has 4 aromatic rings. The van der Waals surface area contributed by atoms with E-state index in [0.29, 0.717) is 30.3 Å². The van der Waals surface area contributed by atoms with Crippen LogP contribution in [0.25, 0.3) is 16.6 Å². The second kappa shape index (κ2) is 8.70. The summed E-state index contributed by atoms with van der Waals surface area (Å²) in [4.78, 5) is 32.6. The van der Waals surface area contributed by atoms with Gasteiger partial charge in [-0.25, -0.2) is 4.98 Å². The van der Waals surface area contributed by atoms with Crippen LogP contribution in [0.15, 0.2) is 59.5 Å². The topological polar surface area (TPSA) is 101 Å². The maximum Gasteiger partial charge on any atom is 0.270 e. The molecule has 174 valence electrons. The van der Waals surface area contributed by atoms with Crippen LogP contribution in [0.3, 0.4) is 0 Å². The second-order valence-corrected chi connectivity index (χ2v) is 9.31. The molecule has 3 atom stereocenters. The fourth-order valence-corrected chi connectivity index (χ4v) is 5.23. The third-order valence-corrected chi connectivity index (χ3v) is 6.95. The number of nitrogens with one attached hydrogen (secondary N) is 3. The predicted molar refractivity (Wildman–Crippen MR) is 129 cm³/mol. The standard InChI is InChI=1S/C26H27N5O3/c32-25-12-22(30-24-3-1-2-8-31(24)25)26(33)28-13-16-4-5-17-10-19(29-21(17)9-16)15-27-14-18-11-20-6-7-23(18)34-20/h1-5,8-10,12,18,20,23,27,29H,6-7,11,13-15H2,(H,28,33)/t18-,20+,23-/m0/s1. The van der Waals surface area contributed by atoms with Gasteiger partial charge in [0.15, 0.2) is 0 Å². The number of aromatic amines is 1. The molecular formula is C26H27N5O3. The molecule has 2 aliphatic heterocycles. The van der Waals surface area contributed by atoms with Crippen LogP contribution >= 0.6 is 0 Å². The average molecular weight is 458 g/mol. The molecular weight excluding hydrogens is 430 g/mol. The fourth-order valence-electron chi connectivity index (χ4n) is 5.23. The molecule has 6 rings (SSSR count). The Labute approximate surface area is 196 Å². The number of H-pyrrole nitrogens is 1. The molecule has 0 aliphatic carbocycles. The van der Waals surface area contributed by atoms with Crippen molar-refractivity contribution < 1.29 is 9.53 Å². The van der Waals surface area contributed by atoms with Crippen molar-refractivity contribution in [3.05, 3.63) is 82.0 Å². The number of fused-ring (bicyclic) bond motifs is 4. The van der Waals surface area contributed by atoms with Crippen LogP contribution in [0.5, 0.6) is 0 Å². The first-order chi connectivity index (χ1) is 16.6. The minimum Gasteiger partial charge on any atom is -0.375 e. The van der Waals surface area contributed by atoms with Crippen molar-refractivity contribution >= 4 is 22.5 Å². The van der Waals surface area contributed by atoms with Crippen LogP contribution in [0.1, 0.15) is 41.0 Å². The first-order valence-electron chi connectivity index (χ1n) is 11.9. The molecule has 1 amide bonds. The molecule has 2 bridgehead atoms. The molecule has 2 aliphatic rings. The van der Waals surface area contributed by atoms with Crippen LogP contribution in [-0.4, -0.2) is 39.0 Å². The zero-order valence-corrected chi connectivity index (χ0v) is 18.8. The van der Waals surface area contributed by atoms with Gasteiger partial charge in [0.2, 0.25) is 0 Å². The van der Waals surface area contributed by atoms with Gasteiger partial charge in [-0.05, 0) is 54.5 Å². The molecule has 8 heteroatoms. The summed E-state index contributed by atoms with van der Waals surface area (Å²) in [6, 6.07) is 14.8. The molecule has 34 heavy (non-hydrogen) atoms. The van der Waals surface area contributed by atoms with Gasteiger partial charge in [-0.3, -0.25) is 14.0 Å². The third kappa shape index (κ3) is 4.10. The quantitative estimate of drug-likeness (QED) is 0.396. The Morgan fingerprint density at radius 1 is 1.15 bits per heavy atom. The van der Waals surface area contributed by atoms with E-state index in [2.05, 4.69) is 32.7 Å². The van der Waals surface area contributed by atoms with Crippen molar-refractivity contribution in [2.45, 2.75) is 44.6 Å². The van der Waals surface area contributed by atoms with Gasteiger partial charge in [0, 0.05) is 49.0 Å². The Bertz CT molecular complexity index is 1430. The number of pyridine rings is 1. The molecule has 0 radical (unpaired) electrons. The summed E-state index contributed by atoms with van der Waals surface area (Å²) in [6.07, 6.45) is 6.18. The lowest BCUT2D eigenvalue weighted by atomic mass is 9.89. The number of rotatable bonds is 7. The van der Waals surface area contributed by atoms with Crippen molar-refractivity contribution in [3.63, 3.8) is 0 Å². The molecule has 5 heterocycles. The summed E-state index contributed by atoms with van der Waals surface area (Å²) >= 11 is 0. The lowest BCUT2D eigenvalue weighted by Gasteiger charge is -2.18. The second-order valence-electron chi connectivity index (χ2n) is 9.31. The van der Waals surface area contributed by atoms with Gasteiger partial charge in [-0.1, -0.05) is 18.2 Å². The van der Waals surface area contributed by atoms with Gasteiger partial charge in [-0.2, -0.15) is 0 Å². The molecule has 8 nitrogen and oxygen atoms in total. The van der Waals surface area contributed by atoms with Crippen LogP contribution in [0.4, 0.5) is 0 Å². The predicted octanol–water partition coefficient (Wildman–Crippen LogP) is 2.76. The summed E-state index contributed by atoms with van der Waals surface area (Å²) < 4.78 is 7.35. The van der Waals surface area contributed by atoms with E-state index in [9.17, 15) is 9.59 Å². The Kier molecular flexibility index (Phi) is 5.39. The number of carbonyl (C=O) groups excluding carboxylic acids is 1. The number of carbonyl (C=O) groups is 1. The van der Waals surface area contributed by atoms with E-state index in [1.54, 1.807) is 24.4 Å². The number of hydrogen-bond acceptors (Lipinski definition) is 5. The first kappa shape index (κ1) is 21.1. The highest BCUT2D eigenvalue weighted by molar-refractivity contribution is 5.92. The third-order valence-electron chi connectivity index (χ3n) is 6.95. The maximum absolute atomic E-state index is 12.6. The Hall–Kier alpha value is -3.49. The molecule has 1 aromatic carbocycles. The lowest BCUT2D eigenvalue weighted by Crippen LogP contribution is -2.29. The van der Waals surface area contributed by atoms with Crippen molar-refractivity contribution in [2.24, 2.45) is 5.92 Å². The number of amides is 1. The molecule has 0 unspecified atom stereocenters. The Balaban J connectivity index is 1.07. The number of ether oxygens (including phenoxy) is 1. The summed E-state index contributed by atoms with van der Waals surface area (Å²) in [5, 5.41) is 7.59. The molecule has 0 spiro atoms. The van der Waals surface area contributed by atoms with Gasteiger partial charge in [0.1, 0.15) is 11.3 Å². The molecule has 0 saturated carbocycles. The molecule has 2 saturated heterocycles. The van der Waals surface area contributed by atoms with E-state index in [4.69, 9.17) is 4.74 Å². The largest absolute Gasteiger partial charge is 0.375 e. The van der Waals surface area contributed by atoms with Crippen LogP contribution in [-0.2, 0) is 17.8 Å². The number of hydrogen-bond donors (Lipinski definition) is 3. The van der Waals surface area contributed by atoms with E-state index in [-0.39, 0.29) is 17.2 Å².